The second-order valence-electron chi connectivity index (χ2n) is 7.77. The van der Waals surface area contributed by atoms with Gasteiger partial charge in [-0.2, -0.15) is 74.6 Å². The zero-order valence-electron chi connectivity index (χ0n) is 18.1. The maximum Gasteiger partial charge on any atom is 0.460 e. The Hall–Kier alpha value is -1.32. The number of sulfonamides is 1. The highest BCUT2D eigenvalue weighted by Gasteiger charge is 2.95. The Kier molecular flexibility index (Phi) is 9.97. The quantitative estimate of drug-likeness (QED) is 0.215. The average molecular weight is 612 g/mol. The minimum Gasteiger partial charge on any atom is -0.309 e. The predicted molar refractivity (Wildman–Crippen MR) is 90.3 cm³/mol. The molecule has 0 aliphatic rings. The van der Waals surface area contributed by atoms with E-state index in [1.165, 1.54) is 23.7 Å². The molecular formula is C15H17F17N2O2S. The maximum absolute atomic E-state index is 13.7. The Morgan fingerprint density at radius 2 is 0.946 bits per heavy atom. The second-order valence-corrected chi connectivity index (χ2v) is 9.70. The molecule has 1 N–H and O–H groups in total. The van der Waals surface area contributed by atoms with Crippen molar-refractivity contribution < 1.29 is 83.1 Å². The van der Waals surface area contributed by atoms with Crippen LogP contribution in [0.1, 0.15) is 12.8 Å². The van der Waals surface area contributed by atoms with Gasteiger partial charge in [-0.15, -0.1) is 0 Å². The molecule has 224 valence electrons. The van der Waals surface area contributed by atoms with Crippen molar-refractivity contribution in [1.82, 2.24) is 9.62 Å². The van der Waals surface area contributed by atoms with Gasteiger partial charge in [0.1, 0.15) is 0 Å². The highest BCUT2D eigenvalue weighted by atomic mass is 32.2. The van der Waals surface area contributed by atoms with E-state index >= 15 is 0 Å². The lowest BCUT2D eigenvalue weighted by Crippen LogP contribution is -2.74. The number of hydrogen-bond donors (Lipinski definition) is 1. The molecule has 0 aliphatic carbocycles. The summed E-state index contributed by atoms with van der Waals surface area (Å²) in [4.78, 5) is 1.48. The van der Waals surface area contributed by atoms with Gasteiger partial charge in [-0.1, -0.05) is 0 Å². The summed E-state index contributed by atoms with van der Waals surface area (Å²) in [6.07, 6.45) is -10.9. The van der Waals surface area contributed by atoms with E-state index in [4.69, 9.17) is 0 Å². The van der Waals surface area contributed by atoms with Crippen LogP contribution in [0.2, 0.25) is 0 Å². The van der Waals surface area contributed by atoms with E-state index in [-0.39, 0.29) is 13.0 Å². The third-order valence-electron chi connectivity index (χ3n) is 4.58. The fourth-order valence-electron chi connectivity index (χ4n) is 2.31. The van der Waals surface area contributed by atoms with Gasteiger partial charge in [0.25, 0.3) is 0 Å². The summed E-state index contributed by atoms with van der Waals surface area (Å²) in [6.45, 7) is -0.379. The zero-order valence-corrected chi connectivity index (χ0v) is 18.9. The Labute approximate surface area is 197 Å². The first-order valence-electron chi connectivity index (χ1n) is 9.21. The molecule has 0 aromatic heterocycles. The van der Waals surface area contributed by atoms with Crippen LogP contribution in [0.5, 0.6) is 0 Å². The van der Waals surface area contributed by atoms with Crippen molar-refractivity contribution in [3.05, 3.63) is 0 Å². The van der Waals surface area contributed by atoms with Crippen molar-refractivity contribution in [3.63, 3.8) is 0 Å². The van der Waals surface area contributed by atoms with E-state index in [1.54, 1.807) is 0 Å². The lowest BCUT2D eigenvalue weighted by molar-refractivity contribution is -0.461. The highest BCUT2D eigenvalue weighted by Crippen LogP contribution is 2.64. The lowest BCUT2D eigenvalue weighted by atomic mass is 9.88. The summed E-state index contributed by atoms with van der Waals surface area (Å²) < 4.78 is 248. The summed E-state index contributed by atoms with van der Waals surface area (Å²) in [5.74, 6) is -59.5. The van der Waals surface area contributed by atoms with Gasteiger partial charge in [-0.3, -0.25) is 0 Å². The molecular weight excluding hydrogens is 595 g/mol. The second kappa shape index (κ2) is 10.3. The summed E-state index contributed by atoms with van der Waals surface area (Å²) >= 11 is 0. The fourth-order valence-corrected chi connectivity index (χ4v) is 3.44. The van der Waals surface area contributed by atoms with Gasteiger partial charge < -0.3 is 4.90 Å². The van der Waals surface area contributed by atoms with E-state index in [1.807, 2.05) is 0 Å². The molecule has 0 aromatic rings. The van der Waals surface area contributed by atoms with Crippen LogP contribution in [-0.2, 0) is 10.0 Å². The van der Waals surface area contributed by atoms with Crippen LogP contribution in [0.15, 0.2) is 0 Å². The summed E-state index contributed by atoms with van der Waals surface area (Å²) in [5.41, 5.74) is 0. The molecule has 0 rings (SSSR count). The molecule has 4 nitrogen and oxygen atoms in total. The normalized spacial score (nSPS) is 16.0. The van der Waals surface area contributed by atoms with Crippen LogP contribution >= 0.6 is 0 Å². The summed E-state index contributed by atoms with van der Waals surface area (Å²) in [7, 11) is -2.05. The van der Waals surface area contributed by atoms with Gasteiger partial charge in [0, 0.05) is 13.0 Å². The van der Waals surface area contributed by atoms with E-state index in [0.717, 1.165) is 0 Å². The smallest absolute Gasteiger partial charge is 0.309 e. The first-order valence-corrected chi connectivity index (χ1v) is 10.9. The van der Waals surface area contributed by atoms with Gasteiger partial charge in [0.15, 0.2) is 0 Å². The van der Waals surface area contributed by atoms with Gasteiger partial charge >= 0.3 is 47.6 Å². The van der Waals surface area contributed by atoms with E-state index in [0.29, 0.717) is 0 Å². The molecule has 0 unspecified atom stereocenters. The lowest BCUT2D eigenvalue weighted by Gasteiger charge is -2.42. The number of halogens is 17. The van der Waals surface area contributed by atoms with Crippen molar-refractivity contribution >= 4 is 10.0 Å². The Balaban J connectivity index is 6.17. The topological polar surface area (TPSA) is 49.4 Å². The van der Waals surface area contributed by atoms with Crippen molar-refractivity contribution in [2.75, 3.05) is 32.9 Å². The number of nitrogens with one attached hydrogen (secondary N) is 1. The molecule has 37 heavy (non-hydrogen) atoms. The van der Waals surface area contributed by atoms with Crippen LogP contribution in [0.25, 0.3) is 0 Å². The molecule has 0 saturated heterocycles. The highest BCUT2D eigenvalue weighted by molar-refractivity contribution is 7.89. The van der Waals surface area contributed by atoms with Gasteiger partial charge in [-0.25, -0.2) is 13.1 Å². The largest absolute Gasteiger partial charge is 0.460 e. The van der Waals surface area contributed by atoms with E-state index < -0.39 is 76.4 Å². The molecule has 22 heteroatoms. The third-order valence-corrected chi connectivity index (χ3v) is 5.96. The molecule has 0 amide bonds. The standard InChI is InChI=1S/C15H17F17N2O2S/c1-34(2)6-3-5-33-37(35,36)7-4-8(16,17)9(18,19)10(20,21)11(22,23)12(24,25)13(26,27)14(28,29)15(30,31)32/h33H,3-7H2,1-2H3. The molecule has 0 heterocycles. The molecule has 0 aliphatic heterocycles. The minimum absolute atomic E-state index is 0.0328. The van der Waals surface area contributed by atoms with Crippen LogP contribution in [0, 0.1) is 0 Å². The van der Waals surface area contributed by atoms with E-state index in [2.05, 4.69) is 0 Å². The number of hydrogen-bond acceptors (Lipinski definition) is 3. The monoisotopic (exact) mass is 612 g/mol. The zero-order chi connectivity index (χ0) is 30.3. The van der Waals surface area contributed by atoms with Gasteiger partial charge in [0.2, 0.25) is 10.0 Å². The van der Waals surface area contributed by atoms with Gasteiger partial charge in [-0.05, 0) is 27.1 Å². The van der Waals surface area contributed by atoms with Crippen LogP contribution < -0.4 is 4.72 Å². The molecule has 0 atom stereocenters. The number of rotatable bonds is 14. The van der Waals surface area contributed by atoms with Gasteiger partial charge in [0.05, 0.1) is 5.75 Å². The van der Waals surface area contributed by atoms with Crippen LogP contribution in [0.3, 0.4) is 0 Å². The van der Waals surface area contributed by atoms with Crippen molar-refractivity contribution in [2.24, 2.45) is 0 Å². The summed E-state index contributed by atoms with van der Waals surface area (Å²) in [5, 5.41) is 0. The van der Waals surface area contributed by atoms with Crippen molar-refractivity contribution in [1.29, 1.82) is 0 Å². The molecule has 0 fully saturated rings. The predicted octanol–water partition coefficient (Wildman–Crippen LogP) is 5.26. The Morgan fingerprint density at radius 3 is 1.30 bits per heavy atom. The first kappa shape index (κ1) is 35.7. The molecule has 0 radical (unpaired) electrons. The third kappa shape index (κ3) is 6.30. The molecule has 0 aromatic carbocycles. The van der Waals surface area contributed by atoms with Crippen molar-refractivity contribution in [3.8, 4) is 0 Å². The molecule has 0 bridgehead atoms. The average Bonchev–Trinajstić information content (AvgIpc) is 2.68. The van der Waals surface area contributed by atoms with Crippen molar-refractivity contribution in [2.45, 2.75) is 60.5 Å². The first-order chi connectivity index (χ1) is 15.9. The van der Waals surface area contributed by atoms with Crippen LogP contribution in [-0.4, -0.2) is 93.9 Å². The Morgan fingerprint density at radius 1 is 0.595 bits per heavy atom. The summed E-state index contributed by atoms with van der Waals surface area (Å²) in [6, 6.07) is 0. The Bertz CT molecular complexity index is 884. The minimum atomic E-state index is -8.72. The fraction of sp³-hybridized carbons (Fsp3) is 1.00. The van der Waals surface area contributed by atoms with Crippen LogP contribution in [0.4, 0.5) is 74.6 Å². The molecule has 0 saturated carbocycles. The number of nitrogens with zero attached hydrogens (tertiary/aromatic N) is 1. The maximum atomic E-state index is 13.7. The van der Waals surface area contributed by atoms with E-state index in [9.17, 15) is 83.1 Å². The molecule has 0 spiro atoms. The SMILES string of the molecule is CN(C)CCCNS(=O)(=O)CCC(F)(F)C(F)(F)C(F)(F)C(F)(F)C(F)(F)C(F)(F)C(F)(F)C(F)(F)F. The number of alkyl halides is 17.